The molecule has 0 radical (unpaired) electrons. The van der Waals surface area contributed by atoms with E-state index < -0.39 is 26.2 Å². The number of sulfonamides is 2. The molecule has 9 nitrogen and oxygen atoms in total. The molecule has 0 bridgehead atoms. The van der Waals surface area contributed by atoms with Crippen molar-refractivity contribution in [3.8, 4) is 0 Å². The summed E-state index contributed by atoms with van der Waals surface area (Å²) in [6.45, 7) is -0.728. The Morgan fingerprint density at radius 2 is 1.00 bits per heavy atom. The third-order valence-corrected chi connectivity index (χ3v) is 6.28. The molecule has 0 aliphatic carbocycles. The number of hydrogen-bond donors (Lipinski definition) is 5. The third kappa shape index (κ3) is 7.43. The maximum Gasteiger partial charge on any atom is 0.240 e. The zero-order chi connectivity index (χ0) is 19.4. The van der Waals surface area contributed by atoms with E-state index in [0.717, 1.165) is 0 Å². The molecule has 0 aromatic heterocycles. The molecule has 0 heterocycles. The van der Waals surface area contributed by atoms with Crippen molar-refractivity contribution >= 4 is 56.2 Å². The molecule has 0 unspecified atom stereocenters. The van der Waals surface area contributed by atoms with Crippen LogP contribution in [0.1, 0.15) is 0 Å². The van der Waals surface area contributed by atoms with Crippen LogP contribution in [0, 0.1) is 0 Å². The van der Waals surface area contributed by atoms with Gasteiger partial charge in [-0.2, -0.15) is 0 Å². The normalized spacial score (nSPS) is 11.5. The molecular weight excluding hydrogens is 451 g/mol. The number of halogens is 2. The van der Waals surface area contributed by atoms with Gasteiger partial charge in [0, 0.05) is 24.5 Å². The van der Waals surface area contributed by atoms with E-state index in [1.807, 2.05) is 0 Å². The van der Waals surface area contributed by atoms with Gasteiger partial charge in [-0.25, -0.2) is 26.3 Å². The number of anilines is 2. The Bertz CT molecular complexity index is 873. The smallest absolute Gasteiger partial charge is 0.240 e. The fourth-order valence-electron chi connectivity index (χ4n) is 1.94. The van der Waals surface area contributed by atoms with Crippen LogP contribution in [0.15, 0.2) is 58.3 Å². The first-order chi connectivity index (χ1) is 12.1. The van der Waals surface area contributed by atoms with E-state index in [1.165, 1.54) is 48.5 Å². The maximum absolute atomic E-state index is 12.1. The Balaban J connectivity index is 0.00000364. The lowest BCUT2D eigenvalue weighted by atomic mass is 10.3. The van der Waals surface area contributed by atoms with Crippen molar-refractivity contribution in [1.82, 2.24) is 9.44 Å². The molecule has 0 saturated heterocycles. The highest BCUT2D eigenvalue weighted by Gasteiger charge is 2.18. The van der Waals surface area contributed by atoms with Crippen LogP contribution in [-0.2, 0) is 20.0 Å². The molecule has 13 heteroatoms. The van der Waals surface area contributed by atoms with E-state index in [-0.39, 0.29) is 47.7 Å². The highest BCUT2D eigenvalue weighted by Crippen LogP contribution is 2.12. The zero-order valence-electron chi connectivity index (χ0n) is 14.5. The minimum absolute atomic E-state index is 0. The molecule has 2 rings (SSSR count). The number of aliphatic hydroxyl groups is 1. The van der Waals surface area contributed by atoms with Gasteiger partial charge in [-0.15, -0.1) is 24.8 Å². The molecule has 0 amide bonds. The predicted octanol–water partition coefficient (Wildman–Crippen LogP) is 0.312. The van der Waals surface area contributed by atoms with E-state index >= 15 is 0 Å². The summed E-state index contributed by atoms with van der Waals surface area (Å²) in [4.78, 5) is -0.0253. The molecule has 2 aromatic rings. The van der Waals surface area contributed by atoms with Gasteiger partial charge >= 0.3 is 0 Å². The molecule has 0 atom stereocenters. The van der Waals surface area contributed by atoms with Crippen molar-refractivity contribution in [2.24, 2.45) is 0 Å². The molecule has 0 saturated carbocycles. The van der Waals surface area contributed by atoms with Crippen LogP contribution in [0.3, 0.4) is 0 Å². The van der Waals surface area contributed by atoms with Crippen LogP contribution >= 0.6 is 24.8 Å². The van der Waals surface area contributed by atoms with Crippen LogP contribution in [0.25, 0.3) is 0 Å². The molecule has 2 aromatic carbocycles. The summed E-state index contributed by atoms with van der Waals surface area (Å²) >= 11 is 0. The quantitative estimate of drug-likeness (QED) is 0.344. The van der Waals surface area contributed by atoms with Crippen LogP contribution in [0.2, 0.25) is 0 Å². The van der Waals surface area contributed by atoms with Crippen LogP contribution in [-0.4, -0.2) is 41.1 Å². The lowest BCUT2D eigenvalue weighted by Gasteiger charge is -2.14. The summed E-state index contributed by atoms with van der Waals surface area (Å²) in [5.74, 6) is 0. The Labute approximate surface area is 176 Å². The Hall–Kier alpha value is -1.60. The summed E-state index contributed by atoms with van der Waals surface area (Å²) in [5, 5.41) is 9.86. The van der Waals surface area contributed by atoms with E-state index in [2.05, 4.69) is 9.44 Å². The van der Waals surface area contributed by atoms with Crippen molar-refractivity contribution in [1.29, 1.82) is 0 Å². The third-order valence-electron chi connectivity index (χ3n) is 3.40. The van der Waals surface area contributed by atoms with Crippen LogP contribution in [0.5, 0.6) is 0 Å². The number of benzene rings is 2. The maximum atomic E-state index is 12.1. The molecule has 158 valence electrons. The number of nitrogens with two attached hydrogens (primary N) is 2. The van der Waals surface area contributed by atoms with Crippen molar-refractivity contribution < 1.29 is 21.9 Å². The van der Waals surface area contributed by atoms with Gasteiger partial charge in [-0.3, -0.25) is 0 Å². The molecule has 0 aliphatic heterocycles. The highest BCUT2D eigenvalue weighted by molar-refractivity contribution is 7.89. The van der Waals surface area contributed by atoms with Gasteiger partial charge in [0.25, 0.3) is 0 Å². The van der Waals surface area contributed by atoms with Gasteiger partial charge in [-0.05, 0) is 48.5 Å². The fraction of sp³-hybridized carbons (Fsp3) is 0.200. The zero-order valence-corrected chi connectivity index (χ0v) is 17.7. The standard InChI is InChI=1S/C15H20N4O5S2.2ClH/c16-11-1-5-14(6-2-11)25(21,22)18-9-13(20)10-19-26(23,24)15-7-3-12(17)4-8-15;;/h1-8,13,18-20H,9-10,16-17H2;2*1H. The topological polar surface area (TPSA) is 165 Å². The molecule has 0 aliphatic rings. The Morgan fingerprint density at radius 1 is 0.714 bits per heavy atom. The average molecular weight is 473 g/mol. The van der Waals surface area contributed by atoms with E-state index in [4.69, 9.17) is 11.5 Å². The predicted molar refractivity (Wildman–Crippen MR) is 113 cm³/mol. The van der Waals surface area contributed by atoms with Gasteiger partial charge in [0.1, 0.15) is 0 Å². The minimum atomic E-state index is -3.84. The van der Waals surface area contributed by atoms with Crippen molar-refractivity contribution in [2.45, 2.75) is 15.9 Å². The molecule has 7 N–H and O–H groups in total. The van der Waals surface area contributed by atoms with Crippen molar-refractivity contribution in [3.05, 3.63) is 48.5 Å². The summed E-state index contributed by atoms with van der Waals surface area (Å²) in [6.07, 6.45) is -1.26. The summed E-state index contributed by atoms with van der Waals surface area (Å²) < 4.78 is 52.8. The molecular formula is C15H22Cl2N4O5S2. The van der Waals surface area contributed by atoms with E-state index in [1.54, 1.807) is 0 Å². The lowest BCUT2D eigenvalue weighted by molar-refractivity contribution is 0.182. The molecule has 28 heavy (non-hydrogen) atoms. The average Bonchev–Trinajstić information content (AvgIpc) is 2.59. The van der Waals surface area contributed by atoms with Crippen molar-refractivity contribution in [2.75, 3.05) is 24.6 Å². The SMILES string of the molecule is Cl.Cl.Nc1ccc(S(=O)(=O)NCC(O)CNS(=O)(=O)c2ccc(N)cc2)cc1. The Morgan fingerprint density at radius 3 is 1.29 bits per heavy atom. The van der Waals surface area contributed by atoms with E-state index in [9.17, 15) is 21.9 Å². The molecule has 0 spiro atoms. The largest absolute Gasteiger partial charge is 0.399 e. The Kier molecular flexibility index (Phi) is 10.2. The number of rotatable bonds is 8. The summed E-state index contributed by atoms with van der Waals surface area (Å²) in [6, 6.07) is 11.1. The fourth-order valence-corrected chi connectivity index (χ4v) is 4.09. The molecule has 0 fully saturated rings. The van der Waals surface area contributed by atoms with Crippen molar-refractivity contribution in [3.63, 3.8) is 0 Å². The van der Waals surface area contributed by atoms with Gasteiger partial charge < -0.3 is 16.6 Å². The monoisotopic (exact) mass is 472 g/mol. The van der Waals surface area contributed by atoms with Gasteiger partial charge in [0.05, 0.1) is 15.9 Å². The highest BCUT2D eigenvalue weighted by atomic mass is 35.5. The number of hydrogen-bond acceptors (Lipinski definition) is 7. The number of nitrogen functional groups attached to an aromatic ring is 2. The van der Waals surface area contributed by atoms with Gasteiger partial charge in [0.15, 0.2) is 0 Å². The van der Waals surface area contributed by atoms with Gasteiger partial charge in [0.2, 0.25) is 20.0 Å². The second-order valence-electron chi connectivity index (χ2n) is 5.50. The number of nitrogens with one attached hydrogen (secondary N) is 2. The summed E-state index contributed by atoms with van der Waals surface area (Å²) in [7, 11) is -7.68. The first kappa shape index (κ1) is 26.4. The second-order valence-corrected chi connectivity index (χ2v) is 9.03. The lowest BCUT2D eigenvalue weighted by Crippen LogP contribution is -2.39. The van der Waals surface area contributed by atoms with Gasteiger partial charge in [-0.1, -0.05) is 0 Å². The first-order valence-electron chi connectivity index (χ1n) is 7.49. The second kappa shape index (κ2) is 10.8. The van der Waals surface area contributed by atoms with E-state index in [0.29, 0.717) is 11.4 Å². The van der Waals surface area contributed by atoms with Crippen LogP contribution < -0.4 is 20.9 Å². The minimum Gasteiger partial charge on any atom is -0.399 e. The number of aliphatic hydroxyl groups excluding tert-OH is 1. The first-order valence-corrected chi connectivity index (χ1v) is 10.5. The summed E-state index contributed by atoms with van der Waals surface area (Å²) in [5.41, 5.74) is 11.8. The van der Waals surface area contributed by atoms with Crippen LogP contribution in [0.4, 0.5) is 11.4 Å².